The topological polar surface area (TPSA) is 108 Å². The van der Waals surface area contributed by atoms with E-state index in [1.54, 1.807) is 0 Å². The second kappa shape index (κ2) is 8.00. The number of nitrogens with zero attached hydrogens (tertiary/aromatic N) is 2. The number of aromatic amines is 1. The molecule has 8 nitrogen and oxygen atoms in total. The Morgan fingerprint density at radius 2 is 1.94 bits per heavy atom. The molecule has 0 atom stereocenters. The van der Waals surface area contributed by atoms with Gasteiger partial charge in [-0.1, -0.05) is 11.6 Å². The number of phenols is 2. The van der Waals surface area contributed by atoms with E-state index in [0.717, 1.165) is 56.6 Å². The number of rotatable bonds is 2. The lowest BCUT2D eigenvalue weighted by Gasteiger charge is -2.42. The van der Waals surface area contributed by atoms with Gasteiger partial charge in [0, 0.05) is 61.2 Å². The molecule has 3 N–H and O–H groups in total. The van der Waals surface area contributed by atoms with Crippen molar-refractivity contribution in [3.8, 4) is 22.8 Å². The Balaban J connectivity index is 1.32. The van der Waals surface area contributed by atoms with Crippen molar-refractivity contribution >= 4 is 17.5 Å². The first-order valence-corrected chi connectivity index (χ1v) is 11.2. The first-order chi connectivity index (χ1) is 15.0. The molecule has 0 unspecified atom stereocenters. The first kappa shape index (κ1) is 20.6. The van der Waals surface area contributed by atoms with E-state index in [1.807, 2.05) is 4.90 Å². The predicted octanol–water partition coefficient (Wildman–Crippen LogP) is 3.35. The number of halogens is 1. The van der Waals surface area contributed by atoms with E-state index in [1.165, 1.54) is 12.1 Å². The van der Waals surface area contributed by atoms with E-state index in [9.17, 15) is 15.0 Å². The summed E-state index contributed by atoms with van der Waals surface area (Å²) in [5.74, 6) is -0.670. The second-order valence-electron chi connectivity index (χ2n) is 8.60. The molecule has 1 spiro atoms. The van der Waals surface area contributed by atoms with Gasteiger partial charge in [0.25, 0.3) is 0 Å². The third-order valence-electron chi connectivity index (χ3n) is 6.68. The van der Waals surface area contributed by atoms with Gasteiger partial charge in [-0.25, -0.2) is 0 Å². The Morgan fingerprint density at radius 3 is 2.68 bits per heavy atom. The van der Waals surface area contributed by atoms with Crippen LogP contribution in [0.1, 0.15) is 43.4 Å². The zero-order chi connectivity index (χ0) is 21.6. The van der Waals surface area contributed by atoms with Crippen molar-refractivity contribution in [2.24, 2.45) is 5.92 Å². The summed E-state index contributed by atoms with van der Waals surface area (Å²) >= 11 is 6.04. The highest BCUT2D eigenvalue weighted by Crippen LogP contribution is 2.41. The van der Waals surface area contributed by atoms with Crippen molar-refractivity contribution < 1.29 is 24.5 Å². The number of fused-ring (bicyclic) bond motifs is 1. The van der Waals surface area contributed by atoms with Crippen LogP contribution in [0.3, 0.4) is 0 Å². The second-order valence-corrected chi connectivity index (χ2v) is 9.00. The summed E-state index contributed by atoms with van der Waals surface area (Å²) in [4.78, 5) is 15.2. The maximum absolute atomic E-state index is 13.3. The Labute approximate surface area is 185 Å². The summed E-state index contributed by atoms with van der Waals surface area (Å²) in [6, 6.07) is 2.70. The molecule has 3 heterocycles. The van der Waals surface area contributed by atoms with Gasteiger partial charge in [-0.2, -0.15) is 5.10 Å². The molecule has 2 aromatic rings. The average molecular weight is 448 g/mol. The molecule has 2 aliphatic heterocycles. The van der Waals surface area contributed by atoms with Crippen LogP contribution in [0, 0.1) is 5.92 Å². The summed E-state index contributed by atoms with van der Waals surface area (Å²) < 4.78 is 11.8. The van der Waals surface area contributed by atoms with Gasteiger partial charge in [-0.3, -0.25) is 9.89 Å². The minimum Gasteiger partial charge on any atom is -0.507 e. The third kappa shape index (κ3) is 3.77. The number of hydrogen-bond acceptors (Lipinski definition) is 6. The standard InChI is InChI=1S/C22H26ClN3O5/c23-16-10-14(18(27)11-19(16)28)20-15-12-26(7-4-17(15)24-25-20)21(29)13-2-5-22(6-3-13)30-8-1-9-31-22/h10-11,13,27-28H,1-9,12H2,(H,24,25). The number of amides is 1. The fraction of sp³-hybridized carbons (Fsp3) is 0.545. The Kier molecular flexibility index (Phi) is 5.32. The number of carbonyl (C=O) groups excluding carboxylic acids is 1. The minimum absolute atomic E-state index is 0.0341. The zero-order valence-electron chi connectivity index (χ0n) is 17.2. The quantitative estimate of drug-likeness (QED) is 0.651. The molecule has 1 aliphatic carbocycles. The van der Waals surface area contributed by atoms with Gasteiger partial charge < -0.3 is 24.6 Å². The Hall–Kier alpha value is -2.29. The van der Waals surface area contributed by atoms with Crippen LogP contribution in [-0.4, -0.2) is 56.8 Å². The number of H-pyrrole nitrogens is 1. The molecular formula is C22H26ClN3O5. The van der Waals surface area contributed by atoms with Crippen molar-refractivity contribution in [1.82, 2.24) is 15.1 Å². The first-order valence-electron chi connectivity index (χ1n) is 10.8. The van der Waals surface area contributed by atoms with Gasteiger partial charge >= 0.3 is 0 Å². The van der Waals surface area contributed by atoms with Crippen molar-refractivity contribution in [1.29, 1.82) is 0 Å². The molecule has 9 heteroatoms. The summed E-state index contributed by atoms with van der Waals surface area (Å²) in [7, 11) is 0. The number of nitrogens with one attached hydrogen (secondary N) is 1. The highest BCUT2D eigenvalue weighted by atomic mass is 35.5. The summed E-state index contributed by atoms with van der Waals surface area (Å²) in [6.07, 6.45) is 4.61. The molecule has 3 aliphatic rings. The lowest BCUT2D eigenvalue weighted by molar-refractivity contribution is -0.282. The number of ether oxygens (including phenoxy) is 2. The van der Waals surface area contributed by atoms with Crippen LogP contribution in [0.25, 0.3) is 11.3 Å². The summed E-state index contributed by atoms with van der Waals surface area (Å²) in [6.45, 7) is 2.51. The molecule has 166 valence electrons. The van der Waals surface area contributed by atoms with E-state index in [-0.39, 0.29) is 28.3 Å². The van der Waals surface area contributed by atoms with E-state index < -0.39 is 5.79 Å². The van der Waals surface area contributed by atoms with E-state index in [4.69, 9.17) is 21.1 Å². The highest BCUT2D eigenvalue weighted by Gasteiger charge is 2.42. The van der Waals surface area contributed by atoms with Crippen LogP contribution in [0.2, 0.25) is 5.02 Å². The maximum Gasteiger partial charge on any atom is 0.226 e. The fourth-order valence-corrected chi connectivity index (χ4v) is 5.08. The van der Waals surface area contributed by atoms with Crippen molar-refractivity contribution in [3.63, 3.8) is 0 Å². The maximum atomic E-state index is 13.3. The molecule has 5 rings (SSSR count). The van der Waals surface area contributed by atoms with Crippen molar-refractivity contribution in [2.45, 2.75) is 50.9 Å². The van der Waals surface area contributed by atoms with Gasteiger partial charge in [0.1, 0.15) is 17.2 Å². The van der Waals surface area contributed by atoms with Gasteiger partial charge in [-0.15, -0.1) is 0 Å². The fourth-order valence-electron chi connectivity index (χ4n) is 4.91. The lowest BCUT2D eigenvalue weighted by Crippen LogP contribution is -2.47. The van der Waals surface area contributed by atoms with Crippen molar-refractivity contribution in [3.05, 3.63) is 28.4 Å². The number of aromatic hydroxyl groups is 2. The van der Waals surface area contributed by atoms with Crippen LogP contribution in [-0.2, 0) is 27.2 Å². The van der Waals surface area contributed by atoms with E-state index in [2.05, 4.69) is 10.2 Å². The van der Waals surface area contributed by atoms with Gasteiger partial charge in [0.2, 0.25) is 5.91 Å². The zero-order valence-corrected chi connectivity index (χ0v) is 18.0. The van der Waals surface area contributed by atoms with Crippen LogP contribution in [0.15, 0.2) is 12.1 Å². The molecule has 2 fully saturated rings. The smallest absolute Gasteiger partial charge is 0.226 e. The molecule has 1 saturated heterocycles. The molecule has 1 aromatic heterocycles. The van der Waals surface area contributed by atoms with E-state index in [0.29, 0.717) is 30.8 Å². The van der Waals surface area contributed by atoms with Crippen LogP contribution >= 0.6 is 11.6 Å². The molecule has 0 radical (unpaired) electrons. The Morgan fingerprint density at radius 1 is 1.19 bits per heavy atom. The largest absolute Gasteiger partial charge is 0.507 e. The lowest BCUT2D eigenvalue weighted by atomic mass is 9.83. The molecule has 1 saturated carbocycles. The molecule has 1 amide bonds. The Bertz CT molecular complexity index is 991. The van der Waals surface area contributed by atoms with Gasteiger partial charge in [0.15, 0.2) is 5.79 Å². The summed E-state index contributed by atoms with van der Waals surface area (Å²) in [5, 5.41) is 27.6. The predicted molar refractivity (Wildman–Crippen MR) is 113 cm³/mol. The van der Waals surface area contributed by atoms with Gasteiger partial charge in [0.05, 0.1) is 18.2 Å². The molecular weight excluding hydrogens is 422 g/mol. The normalized spacial score (nSPS) is 21.3. The van der Waals surface area contributed by atoms with Crippen LogP contribution in [0.5, 0.6) is 11.5 Å². The SMILES string of the molecule is O=C(C1CCC2(CC1)OCCCO2)N1CCc2[nH]nc(-c3cc(Cl)c(O)cc3O)c2C1. The monoisotopic (exact) mass is 447 g/mol. The molecule has 31 heavy (non-hydrogen) atoms. The molecule has 1 aromatic carbocycles. The number of phenolic OH excluding ortho intramolecular Hbond substituents is 2. The summed E-state index contributed by atoms with van der Waals surface area (Å²) in [5.41, 5.74) is 2.82. The third-order valence-corrected chi connectivity index (χ3v) is 6.98. The minimum atomic E-state index is -0.489. The van der Waals surface area contributed by atoms with Crippen LogP contribution < -0.4 is 0 Å². The average Bonchev–Trinajstić information content (AvgIpc) is 3.20. The number of benzene rings is 1. The van der Waals surface area contributed by atoms with Crippen molar-refractivity contribution in [2.75, 3.05) is 19.8 Å². The van der Waals surface area contributed by atoms with Crippen LogP contribution in [0.4, 0.5) is 0 Å². The number of hydrogen-bond donors (Lipinski definition) is 3. The van der Waals surface area contributed by atoms with E-state index >= 15 is 0 Å². The molecule has 0 bridgehead atoms. The number of carbonyl (C=O) groups is 1. The van der Waals surface area contributed by atoms with Gasteiger partial charge in [-0.05, 0) is 25.3 Å². The highest BCUT2D eigenvalue weighted by molar-refractivity contribution is 6.32. The number of aromatic nitrogens is 2.